The lowest BCUT2D eigenvalue weighted by molar-refractivity contribution is -0.137. The van der Waals surface area contributed by atoms with Crippen LogP contribution in [0.15, 0.2) is 59.8 Å². The van der Waals surface area contributed by atoms with E-state index in [0.29, 0.717) is 23.2 Å². The molecule has 188 valence electrons. The highest BCUT2D eigenvalue weighted by Gasteiger charge is 2.45. The molecule has 0 bridgehead atoms. The van der Waals surface area contributed by atoms with Gasteiger partial charge in [0.05, 0.1) is 34.7 Å². The Morgan fingerprint density at radius 3 is 2.39 bits per heavy atom. The molecule has 0 saturated heterocycles. The highest BCUT2D eigenvalue weighted by molar-refractivity contribution is 7.90. The Hall–Kier alpha value is -3.65. The summed E-state index contributed by atoms with van der Waals surface area (Å²) >= 11 is 0. The number of urea groups is 1. The van der Waals surface area contributed by atoms with Crippen LogP contribution in [-0.2, 0) is 20.8 Å². The maximum absolute atomic E-state index is 13.9. The first-order valence-corrected chi connectivity index (χ1v) is 13.2. The second kappa shape index (κ2) is 9.43. The van der Waals surface area contributed by atoms with Gasteiger partial charge in [-0.3, -0.25) is 9.69 Å². The van der Waals surface area contributed by atoms with E-state index in [1.54, 1.807) is 12.1 Å². The van der Waals surface area contributed by atoms with E-state index in [4.69, 9.17) is 5.26 Å². The monoisotopic (exact) mass is 517 g/mol. The van der Waals surface area contributed by atoms with Gasteiger partial charge < -0.3 is 4.90 Å². The topological polar surface area (TPSA) is 98.6 Å². The van der Waals surface area contributed by atoms with Gasteiger partial charge in [-0.1, -0.05) is 18.2 Å². The highest BCUT2D eigenvalue weighted by Crippen LogP contribution is 2.44. The van der Waals surface area contributed by atoms with E-state index < -0.39 is 39.4 Å². The zero-order valence-corrected chi connectivity index (χ0v) is 20.1. The Labute approximate surface area is 206 Å². The van der Waals surface area contributed by atoms with Gasteiger partial charge in [0.25, 0.3) is 0 Å². The zero-order valence-electron chi connectivity index (χ0n) is 19.2. The van der Waals surface area contributed by atoms with Gasteiger partial charge in [-0.15, -0.1) is 0 Å². The number of hydrogen-bond donors (Lipinski definition) is 0. The van der Waals surface area contributed by atoms with Crippen LogP contribution in [0.3, 0.4) is 0 Å². The summed E-state index contributed by atoms with van der Waals surface area (Å²) in [6.07, 6.45) is -2.73. The zero-order chi connectivity index (χ0) is 26.3. The summed E-state index contributed by atoms with van der Waals surface area (Å²) in [5.74, 6) is -0.668. The maximum Gasteiger partial charge on any atom is 0.416 e. The van der Waals surface area contributed by atoms with Crippen LogP contribution in [0.1, 0.15) is 42.0 Å². The molecule has 0 saturated carbocycles. The number of ketones is 1. The smallest absolute Gasteiger partial charge is 0.312 e. The molecule has 1 unspecified atom stereocenters. The number of rotatable bonds is 5. The Kier molecular flexibility index (Phi) is 6.66. The van der Waals surface area contributed by atoms with Crippen molar-refractivity contribution in [3.05, 3.63) is 76.5 Å². The van der Waals surface area contributed by atoms with Crippen molar-refractivity contribution in [2.24, 2.45) is 0 Å². The number of Topliss-reactive ketones (excluding diaryl/α,β-unsaturated/α-hetero) is 1. The first-order valence-electron chi connectivity index (χ1n) is 11.1. The minimum atomic E-state index is -4.64. The standard InChI is InChI=1S/C25H22F3N3O4S/c1-36(34,35)13-12-30-23(17-10-8-16(15-29)9-11-17)22-20(6-3-7-21(22)32)31(24(30)33)19-5-2-4-18(14-19)25(26,27)28/h2,4-5,8-11,14,23H,3,6-7,12-13H2,1H3. The van der Waals surface area contributed by atoms with E-state index in [0.717, 1.165) is 23.3 Å². The van der Waals surface area contributed by atoms with Crippen molar-refractivity contribution in [3.8, 4) is 6.07 Å². The van der Waals surface area contributed by atoms with Crippen LogP contribution in [0.2, 0.25) is 0 Å². The molecule has 4 rings (SSSR count). The van der Waals surface area contributed by atoms with Gasteiger partial charge in [-0.25, -0.2) is 13.2 Å². The van der Waals surface area contributed by atoms with E-state index in [-0.39, 0.29) is 36.4 Å². The van der Waals surface area contributed by atoms with Crippen LogP contribution in [0.4, 0.5) is 23.7 Å². The Morgan fingerprint density at radius 2 is 1.78 bits per heavy atom. The third kappa shape index (κ3) is 4.99. The number of nitriles is 1. The predicted octanol–water partition coefficient (Wildman–Crippen LogP) is 4.61. The van der Waals surface area contributed by atoms with E-state index in [2.05, 4.69) is 0 Å². The maximum atomic E-state index is 13.9. The minimum absolute atomic E-state index is 0.0559. The van der Waals surface area contributed by atoms with Crippen molar-refractivity contribution >= 4 is 27.3 Å². The molecule has 0 aromatic heterocycles. The number of carbonyl (C=O) groups is 2. The van der Waals surface area contributed by atoms with Crippen molar-refractivity contribution < 1.29 is 31.2 Å². The Bertz CT molecular complexity index is 1390. The van der Waals surface area contributed by atoms with E-state index >= 15 is 0 Å². The van der Waals surface area contributed by atoms with Gasteiger partial charge in [0.2, 0.25) is 0 Å². The molecule has 1 atom stereocenters. The average molecular weight is 518 g/mol. The lowest BCUT2D eigenvalue weighted by Gasteiger charge is -2.45. The van der Waals surface area contributed by atoms with E-state index in [1.807, 2.05) is 6.07 Å². The van der Waals surface area contributed by atoms with Gasteiger partial charge >= 0.3 is 12.2 Å². The molecular formula is C25H22F3N3O4S. The number of benzene rings is 2. The summed E-state index contributed by atoms with van der Waals surface area (Å²) in [5.41, 5.74) is 0.409. The lowest BCUT2D eigenvalue weighted by Crippen LogP contribution is -2.53. The Morgan fingerprint density at radius 1 is 1.08 bits per heavy atom. The van der Waals surface area contributed by atoms with Crippen molar-refractivity contribution in [1.82, 2.24) is 4.90 Å². The van der Waals surface area contributed by atoms with Crippen molar-refractivity contribution in [3.63, 3.8) is 0 Å². The molecule has 0 radical (unpaired) electrons. The molecule has 1 aliphatic heterocycles. The summed E-state index contributed by atoms with van der Waals surface area (Å²) in [6, 6.07) is 10.9. The molecule has 11 heteroatoms. The van der Waals surface area contributed by atoms with Crippen LogP contribution >= 0.6 is 0 Å². The fourth-order valence-corrected chi connectivity index (χ4v) is 5.09. The van der Waals surface area contributed by atoms with E-state index in [1.165, 1.54) is 29.2 Å². The van der Waals surface area contributed by atoms with Crippen molar-refractivity contribution in [2.45, 2.75) is 31.5 Å². The number of anilines is 1. The average Bonchev–Trinajstić information content (AvgIpc) is 2.82. The largest absolute Gasteiger partial charge is 0.416 e. The number of halogens is 3. The normalized spacial score (nSPS) is 18.8. The number of hydrogen-bond acceptors (Lipinski definition) is 5. The first kappa shape index (κ1) is 25.4. The molecule has 2 aromatic carbocycles. The van der Waals surface area contributed by atoms with Gasteiger partial charge in [-0.05, 0) is 48.7 Å². The summed E-state index contributed by atoms with van der Waals surface area (Å²) < 4.78 is 64.2. The number of allylic oxidation sites excluding steroid dienone is 1. The summed E-state index contributed by atoms with van der Waals surface area (Å²) in [7, 11) is -3.52. The fraction of sp³-hybridized carbons (Fsp3) is 0.320. The van der Waals surface area contributed by atoms with E-state index in [9.17, 15) is 31.2 Å². The van der Waals surface area contributed by atoms with Gasteiger partial charge in [0, 0.05) is 30.5 Å². The number of nitrogens with zero attached hydrogens (tertiary/aromatic N) is 3. The van der Waals surface area contributed by atoms with Crippen LogP contribution in [0, 0.1) is 11.3 Å². The molecule has 0 spiro atoms. The quantitative estimate of drug-likeness (QED) is 0.577. The second-order valence-electron chi connectivity index (χ2n) is 8.76. The highest BCUT2D eigenvalue weighted by atomic mass is 32.2. The second-order valence-corrected chi connectivity index (χ2v) is 11.0. The van der Waals surface area contributed by atoms with Crippen LogP contribution < -0.4 is 4.90 Å². The molecule has 2 aliphatic rings. The third-order valence-corrected chi connectivity index (χ3v) is 7.14. The Balaban J connectivity index is 1.93. The van der Waals surface area contributed by atoms with Gasteiger partial charge in [-0.2, -0.15) is 18.4 Å². The van der Waals surface area contributed by atoms with Crippen molar-refractivity contribution in [2.75, 3.05) is 23.5 Å². The molecule has 1 heterocycles. The van der Waals surface area contributed by atoms with Crippen molar-refractivity contribution in [1.29, 1.82) is 5.26 Å². The molecule has 0 fully saturated rings. The molecular weight excluding hydrogens is 495 g/mol. The molecule has 0 N–H and O–H groups in total. The predicted molar refractivity (Wildman–Crippen MR) is 126 cm³/mol. The van der Waals surface area contributed by atoms with Crippen LogP contribution in [0.25, 0.3) is 0 Å². The first-order chi connectivity index (χ1) is 16.9. The number of alkyl halides is 3. The number of carbonyl (C=O) groups excluding carboxylic acids is 2. The molecule has 36 heavy (non-hydrogen) atoms. The minimum Gasteiger partial charge on any atom is -0.312 e. The molecule has 7 nitrogen and oxygen atoms in total. The molecule has 1 aliphatic carbocycles. The number of amides is 2. The molecule has 2 amide bonds. The molecule has 2 aromatic rings. The lowest BCUT2D eigenvalue weighted by atomic mass is 9.83. The van der Waals surface area contributed by atoms with Crippen LogP contribution in [0.5, 0.6) is 0 Å². The fourth-order valence-electron chi connectivity index (χ4n) is 4.56. The van der Waals surface area contributed by atoms with Crippen LogP contribution in [-0.4, -0.2) is 43.7 Å². The van der Waals surface area contributed by atoms with Gasteiger partial charge in [0.1, 0.15) is 9.84 Å². The third-order valence-electron chi connectivity index (χ3n) is 6.21. The number of sulfone groups is 1. The summed E-state index contributed by atoms with van der Waals surface area (Å²) in [6.45, 7) is -0.276. The SMILES string of the molecule is CS(=O)(=O)CCN1C(=O)N(c2cccc(C(F)(F)F)c2)C2=C(C(=O)CCC2)C1c1ccc(C#N)cc1. The van der Waals surface area contributed by atoms with Gasteiger partial charge in [0.15, 0.2) is 5.78 Å². The summed E-state index contributed by atoms with van der Waals surface area (Å²) in [5, 5.41) is 9.15. The summed E-state index contributed by atoms with van der Waals surface area (Å²) in [4.78, 5) is 29.4.